The highest BCUT2D eigenvalue weighted by atomic mass is 35.5. The number of aromatic nitrogens is 6. The summed E-state index contributed by atoms with van der Waals surface area (Å²) in [5.41, 5.74) is -0.579. The average Bonchev–Trinajstić information content (AvgIpc) is 3.39. The normalized spacial score (nSPS) is 12.8. The van der Waals surface area contributed by atoms with E-state index in [1.54, 1.807) is 0 Å². The third-order valence-corrected chi connectivity index (χ3v) is 5.53. The Morgan fingerprint density at radius 3 is 2.34 bits per heavy atom. The summed E-state index contributed by atoms with van der Waals surface area (Å²) in [7, 11) is 0. The maximum absolute atomic E-state index is 14.4. The molecule has 0 amide bonds. The van der Waals surface area contributed by atoms with Crippen LogP contribution in [-0.4, -0.2) is 41.9 Å². The van der Waals surface area contributed by atoms with Gasteiger partial charge in [0.2, 0.25) is 0 Å². The van der Waals surface area contributed by atoms with Gasteiger partial charge < -0.3 is 4.74 Å². The second-order valence-electron chi connectivity index (χ2n) is 8.05. The first-order valence-corrected chi connectivity index (χ1v) is 11.4. The topological polar surface area (TPSA) is 79.8 Å². The zero-order valence-electron chi connectivity index (χ0n) is 19.5. The lowest BCUT2D eigenvalue weighted by molar-refractivity contribution is -0.136. The quantitative estimate of drug-likeness (QED) is 0.250. The van der Waals surface area contributed by atoms with Crippen LogP contribution in [0, 0.1) is 0 Å². The minimum Gasteiger partial charge on any atom is -0.433 e. The molecule has 4 aromatic rings. The molecule has 2 aromatic carbocycles. The van der Waals surface area contributed by atoms with Crippen molar-refractivity contribution in [3.63, 3.8) is 0 Å². The van der Waals surface area contributed by atoms with Crippen LogP contribution in [0.5, 0.6) is 5.75 Å². The lowest BCUT2D eigenvalue weighted by Gasteiger charge is -2.12. The molecule has 0 bridgehead atoms. The average molecular weight is 561 g/mol. The minimum absolute atomic E-state index is 0.0315. The monoisotopic (exact) mass is 560 g/mol. The van der Waals surface area contributed by atoms with E-state index in [4.69, 9.17) is 11.6 Å². The van der Waals surface area contributed by atoms with Crippen molar-refractivity contribution in [2.45, 2.75) is 45.4 Å². The molecule has 15 heteroatoms. The number of hydrogen-bond acceptors (Lipinski definition) is 5. The Bertz CT molecular complexity index is 1460. The van der Waals surface area contributed by atoms with E-state index < -0.39 is 44.2 Å². The molecule has 1 unspecified atom stereocenters. The summed E-state index contributed by atoms with van der Waals surface area (Å²) in [5.74, 6) is -0.751. The zero-order chi connectivity index (χ0) is 27.6. The second-order valence-corrected chi connectivity index (χ2v) is 8.48. The van der Waals surface area contributed by atoms with Gasteiger partial charge in [-0.25, -0.2) is 23.5 Å². The highest BCUT2D eigenvalue weighted by Crippen LogP contribution is 2.28. The van der Waals surface area contributed by atoms with Crippen molar-refractivity contribution in [3.8, 4) is 22.8 Å². The lowest BCUT2D eigenvalue weighted by Crippen LogP contribution is -2.27. The van der Waals surface area contributed by atoms with Gasteiger partial charge >= 0.3 is 18.5 Å². The van der Waals surface area contributed by atoms with E-state index in [0.717, 1.165) is 20.9 Å². The highest BCUT2D eigenvalue weighted by Gasteiger charge is 2.29. The Morgan fingerprint density at radius 1 is 1.03 bits per heavy atom. The van der Waals surface area contributed by atoms with Gasteiger partial charge in [0.15, 0.2) is 29.4 Å². The van der Waals surface area contributed by atoms with Crippen LogP contribution < -0.4 is 10.4 Å². The van der Waals surface area contributed by atoms with Crippen molar-refractivity contribution in [1.29, 1.82) is 0 Å². The molecule has 0 saturated heterocycles. The van der Waals surface area contributed by atoms with Crippen molar-refractivity contribution in [1.82, 2.24) is 29.1 Å². The maximum atomic E-state index is 14.4. The first kappa shape index (κ1) is 27.2. The molecular weight excluding hydrogens is 542 g/mol. The summed E-state index contributed by atoms with van der Waals surface area (Å²) in [6.07, 6.45) is -7.52. The van der Waals surface area contributed by atoms with E-state index in [-0.39, 0.29) is 28.9 Å². The SMILES string of the molecule is CC(F)c1nc(Cn2nc(-c3ccc(Cl)cc3)n(CCC(F)(F)F)c2=O)nn1-c1ccccc1OC(F)F. The van der Waals surface area contributed by atoms with Crippen molar-refractivity contribution in [3.05, 3.63) is 75.7 Å². The molecule has 0 aliphatic rings. The molecular formula is C23H19ClF6N6O2. The Kier molecular flexibility index (Phi) is 7.81. The van der Waals surface area contributed by atoms with Crippen molar-refractivity contribution < 1.29 is 31.1 Å². The third kappa shape index (κ3) is 6.18. The fourth-order valence-electron chi connectivity index (χ4n) is 3.63. The Balaban J connectivity index is 1.75. The van der Waals surface area contributed by atoms with Crippen LogP contribution in [0.2, 0.25) is 5.02 Å². The van der Waals surface area contributed by atoms with Crippen LogP contribution in [0.25, 0.3) is 17.1 Å². The molecule has 0 fully saturated rings. The zero-order valence-corrected chi connectivity index (χ0v) is 20.3. The summed E-state index contributed by atoms with van der Waals surface area (Å²) in [6, 6.07) is 11.5. The van der Waals surface area contributed by atoms with Crippen molar-refractivity contribution in [2.75, 3.05) is 0 Å². The second kappa shape index (κ2) is 10.9. The molecule has 8 nitrogen and oxygen atoms in total. The Hall–Kier alpha value is -3.81. The van der Waals surface area contributed by atoms with Crippen molar-refractivity contribution in [2.24, 2.45) is 0 Å². The molecule has 0 aliphatic heterocycles. The standard InChI is InChI=1S/C23H19ClF6N6O2/c1-13(25)19-31-18(32-36(19)16-4-2-3-5-17(16)38-21(26)27)12-35-22(37)34(11-10-23(28,29)30)20(33-35)14-6-8-15(24)9-7-14/h2-9,13,21H,10-12H2,1H3. The van der Waals surface area contributed by atoms with Crippen LogP contribution in [0.15, 0.2) is 53.3 Å². The van der Waals surface area contributed by atoms with Crippen LogP contribution in [0.1, 0.15) is 31.2 Å². The number of benzene rings is 2. The van der Waals surface area contributed by atoms with Gasteiger partial charge in [-0.3, -0.25) is 4.57 Å². The molecule has 0 N–H and O–H groups in total. The maximum Gasteiger partial charge on any atom is 0.390 e. The summed E-state index contributed by atoms with van der Waals surface area (Å²) < 4.78 is 86.1. The number of alkyl halides is 6. The number of ether oxygens (including phenoxy) is 1. The highest BCUT2D eigenvalue weighted by molar-refractivity contribution is 6.30. The minimum atomic E-state index is -4.53. The van der Waals surface area contributed by atoms with Crippen LogP contribution in [0.3, 0.4) is 0 Å². The van der Waals surface area contributed by atoms with E-state index in [0.29, 0.717) is 10.6 Å². The predicted octanol–water partition coefficient (Wildman–Crippen LogP) is 5.58. The summed E-state index contributed by atoms with van der Waals surface area (Å²) >= 11 is 5.89. The van der Waals surface area contributed by atoms with Crippen LogP contribution >= 0.6 is 11.6 Å². The molecule has 0 radical (unpaired) electrons. The number of para-hydroxylation sites is 2. The number of rotatable bonds is 9. The van der Waals surface area contributed by atoms with E-state index in [1.807, 2.05) is 0 Å². The van der Waals surface area contributed by atoms with Gasteiger partial charge in [0, 0.05) is 17.1 Å². The van der Waals surface area contributed by atoms with E-state index in [2.05, 4.69) is 19.9 Å². The molecule has 0 spiro atoms. The number of nitrogens with zero attached hydrogens (tertiary/aromatic N) is 6. The number of hydrogen-bond donors (Lipinski definition) is 0. The number of halogens is 7. The molecule has 38 heavy (non-hydrogen) atoms. The van der Waals surface area contributed by atoms with Gasteiger partial charge in [-0.15, -0.1) is 10.2 Å². The fourth-order valence-corrected chi connectivity index (χ4v) is 3.75. The lowest BCUT2D eigenvalue weighted by atomic mass is 10.2. The van der Waals surface area contributed by atoms with Gasteiger partial charge in [-0.05, 0) is 43.3 Å². The molecule has 0 aliphatic carbocycles. The van der Waals surface area contributed by atoms with Gasteiger partial charge in [-0.2, -0.15) is 22.0 Å². The van der Waals surface area contributed by atoms with Crippen molar-refractivity contribution >= 4 is 11.6 Å². The molecule has 202 valence electrons. The van der Waals surface area contributed by atoms with E-state index in [9.17, 15) is 31.1 Å². The smallest absolute Gasteiger partial charge is 0.390 e. The molecule has 0 saturated carbocycles. The third-order valence-electron chi connectivity index (χ3n) is 5.28. The van der Waals surface area contributed by atoms with Gasteiger partial charge in [-0.1, -0.05) is 23.7 Å². The van der Waals surface area contributed by atoms with Crippen LogP contribution in [-0.2, 0) is 13.1 Å². The molecule has 2 heterocycles. The van der Waals surface area contributed by atoms with Gasteiger partial charge in [0.1, 0.15) is 12.2 Å². The summed E-state index contributed by atoms with van der Waals surface area (Å²) in [4.78, 5) is 17.1. The van der Waals surface area contributed by atoms with E-state index in [1.165, 1.54) is 48.5 Å². The Morgan fingerprint density at radius 2 is 1.71 bits per heavy atom. The molecule has 1 atom stereocenters. The predicted molar refractivity (Wildman–Crippen MR) is 124 cm³/mol. The Labute approximate surface area is 216 Å². The first-order valence-electron chi connectivity index (χ1n) is 11.1. The summed E-state index contributed by atoms with van der Waals surface area (Å²) in [6.45, 7) is -3.15. The largest absolute Gasteiger partial charge is 0.433 e. The fraction of sp³-hybridized carbons (Fsp3) is 0.304. The molecule has 2 aromatic heterocycles. The van der Waals surface area contributed by atoms with Crippen LogP contribution in [0.4, 0.5) is 26.3 Å². The van der Waals surface area contributed by atoms with Gasteiger partial charge in [0.05, 0.1) is 6.42 Å². The van der Waals surface area contributed by atoms with E-state index >= 15 is 0 Å². The van der Waals surface area contributed by atoms with Gasteiger partial charge in [0.25, 0.3) is 0 Å². The summed E-state index contributed by atoms with van der Waals surface area (Å²) in [5, 5.41) is 8.69. The first-order chi connectivity index (χ1) is 17.9. The molecule has 4 rings (SSSR count).